The maximum Gasteiger partial charge on any atom is 0.260 e. The zero-order valence-corrected chi connectivity index (χ0v) is 16.0. The van der Waals surface area contributed by atoms with Gasteiger partial charge in [-0.3, -0.25) is 9.59 Å². The van der Waals surface area contributed by atoms with E-state index in [1.54, 1.807) is 18.0 Å². The van der Waals surface area contributed by atoms with Crippen molar-refractivity contribution < 1.29 is 14.3 Å². The molecule has 1 amide bonds. The van der Waals surface area contributed by atoms with Crippen molar-refractivity contribution >= 4 is 34.6 Å². The second-order valence-electron chi connectivity index (χ2n) is 6.44. The van der Waals surface area contributed by atoms with Crippen molar-refractivity contribution in [2.75, 3.05) is 13.7 Å². The molecule has 132 valence electrons. The fraction of sp³-hybridized carbons (Fsp3) is 0.368. The van der Waals surface area contributed by atoms with Crippen molar-refractivity contribution in [2.24, 2.45) is 0 Å². The molecule has 1 aliphatic rings. The quantitative estimate of drug-likeness (QED) is 0.774. The predicted molar refractivity (Wildman–Crippen MR) is 99.8 cm³/mol. The topological polar surface area (TPSA) is 46.6 Å². The molecule has 0 saturated carbocycles. The molecule has 3 rings (SSSR count). The molecule has 0 spiro atoms. The van der Waals surface area contributed by atoms with Crippen LogP contribution in [0.3, 0.4) is 0 Å². The summed E-state index contributed by atoms with van der Waals surface area (Å²) >= 11 is 7.37. The average Bonchev–Trinajstić information content (AvgIpc) is 3.10. The lowest BCUT2D eigenvalue weighted by Gasteiger charge is -2.18. The second kappa shape index (κ2) is 7.18. The van der Waals surface area contributed by atoms with Crippen LogP contribution in [0.25, 0.3) is 0 Å². The van der Waals surface area contributed by atoms with E-state index in [1.165, 1.54) is 11.3 Å². The standard InChI is InChI=1S/C19H20ClNO3S/c1-11-4-6-15(19-14(22)8-12(2)18(11)19)24-10-17(23)21(3)9-13-5-7-16(20)25-13/h4-7,12H,8-10H2,1-3H3/t12-/m1/s1. The summed E-state index contributed by atoms with van der Waals surface area (Å²) in [5.74, 6) is 0.663. The van der Waals surface area contributed by atoms with Gasteiger partial charge in [0.2, 0.25) is 0 Å². The maximum absolute atomic E-state index is 12.3. The van der Waals surface area contributed by atoms with Crippen molar-refractivity contribution in [2.45, 2.75) is 32.7 Å². The summed E-state index contributed by atoms with van der Waals surface area (Å²) < 4.78 is 6.42. The highest BCUT2D eigenvalue weighted by atomic mass is 35.5. The molecule has 0 saturated heterocycles. The Balaban J connectivity index is 1.68. The highest BCUT2D eigenvalue weighted by Gasteiger charge is 2.31. The first kappa shape index (κ1) is 18.0. The third kappa shape index (κ3) is 3.72. The van der Waals surface area contributed by atoms with Crippen LogP contribution < -0.4 is 4.74 Å². The first-order chi connectivity index (χ1) is 11.9. The molecule has 0 fully saturated rings. The molecule has 4 nitrogen and oxygen atoms in total. The van der Waals surface area contributed by atoms with Crippen LogP contribution in [0, 0.1) is 6.92 Å². The van der Waals surface area contributed by atoms with Gasteiger partial charge >= 0.3 is 0 Å². The number of thiophene rings is 1. The SMILES string of the molecule is Cc1ccc(OCC(=O)N(C)Cc2ccc(Cl)s2)c2c1[C@H](C)CC2=O. The van der Waals surface area contributed by atoms with E-state index in [9.17, 15) is 9.59 Å². The number of aryl methyl sites for hydroxylation is 1. The number of hydrogen-bond acceptors (Lipinski definition) is 4. The first-order valence-corrected chi connectivity index (χ1v) is 9.34. The van der Waals surface area contributed by atoms with Gasteiger partial charge in [0.15, 0.2) is 12.4 Å². The molecular weight excluding hydrogens is 358 g/mol. The van der Waals surface area contributed by atoms with E-state index in [0.717, 1.165) is 16.0 Å². The molecule has 0 aliphatic heterocycles. The summed E-state index contributed by atoms with van der Waals surface area (Å²) in [6.07, 6.45) is 0.504. The minimum Gasteiger partial charge on any atom is -0.483 e. The van der Waals surface area contributed by atoms with Gasteiger partial charge in [-0.1, -0.05) is 24.6 Å². The number of ketones is 1. The van der Waals surface area contributed by atoms with Gasteiger partial charge in [-0.2, -0.15) is 0 Å². The van der Waals surface area contributed by atoms with Crippen LogP contribution in [-0.2, 0) is 11.3 Å². The zero-order chi connectivity index (χ0) is 18.1. The van der Waals surface area contributed by atoms with E-state index in [4.69, 9.17) is 16.3 Å². The molecule has 0 unspecified atom stereocenters. The molecule has 1 aromatic carbocycles. The normalized spacial score (nSPS) is 16.0. The number of carbonyl (C=O) groups is 2. The van der Waals surface area contributed by atoms with Gasteiger partial charge in [0.05, 0.1) is 16.4 Å². The van der Waals surface area contributed by atoms with E-state index in [0.29, 0.717) is 28.6 Å². The lowest BCUT2D eigenvalue weighted by molar-refractivity contribution is -0.132. The van der Waals surface area contributed by atoms with Crippen LogP contribution >= 0.6 is 22.9 Å². The van der Waals surface area contributed by atoms with Crippen molar-refractivity contribution in [1.29, 1.82) is 0 Å². The van der Waals surface area contributed by atoms with Crippen molar-refractivity contribution in [3.8, 4) is 5.75 Å². The molecule has 1 atom stereocenters. The van der Waals surface area contributed by atoms with Crippen LogP contribution in [0.15, 0.2) is 24.3 Å². The Hall–Kier alpha value is -1.85. The molecule has 1 heterocycles. The number of carbonyl (C=O) groups excluding carboxylic acids is 2. The van der Waals surface area contributed by atoms with Gasteiger partial charge < -0.3 is 9.64 Å². The summed E-state index contributed by atoms with van der Waals surface area (Å²) in [5, 5.41) is 0. The number of amides is 1. The second-order valence-corrected chi connectivity index (χ2v) is 8.24. The van der Waals surface area contributed by atoms with Crippen LogP contribution in [0.1, 0.15) is 45.6 Å². The molecule has 1 aromatic heterocycles. The molecule has 25 heavy (non-hydrogen) atoms. The summed E-state index contributed by atoms with van der Waals surface area (Å²) in [4.78, 5) is 27.2. The fourth-order valence-electron chi connectivity index (χ4n) is 3.24. The number of likely N-dealkylation sites (N-methyl/N-ethyl adjacent to an activating group) is 1. The summed E-state index contributed by atoms with van der Waals surface area (Å²) in [6.45, 7) is 4.45. The average molecular weight is 378 g/mol. The van der Waals surface area contributed by atoms with Gasteiger partial charge in [0.25, 0.3) is 5.91 Å². The lowest BCUT2D eigenvalue weighted by atomic mass is 9.97. The van der Waals surface area contributed by atoms with Gasteiger partial charge in [0, 0.05) is 18.3 Å². The Kier molecular flexibility index (Phi) is 5.16. The highest BCUT2D eigenvalue weighted by molar-refractivity contribution is 7.16. The van der Waals surface area contributed by atoms with E-state index in [2.05, 4.69) is 0 Å². The van der Waals surface area contributed by atoms with Gasteiger partial charge in [0.1, 0.15) is 5.75 Å². The van der Waals surface area contributed by atoms with Crippen molar-refractivity contribution in [3.63, 3.8) is 0 Å². The maximum atomic E-state index is 12.3. The molecular formula is C19H20ClNO3S. The van der Waals surface area contributed by atoms with Crippen LogP contribution in [0.2, 0.25) is 4.34 Å². The van der Waals surface area contributed by atoms with E-state index < -0.39 is 0 Å². The van der Waals surface area contributed by atoms with Gasteiger partial charge in [-0.25, -0.2) is 0 Å². The Morgan fingerprint density at radius 1 is 1.36 bits per heavy atom. The Bertz CT molecular complexity index is 830. The molecule has 0 N–H and O–H groups in total. The highest BCUT2D eigenvalue weighted by Crippen LogP contribution is 2.40. The van der Waals surface area contributed by atoms with Crippen LogP contribution in [0.4, 0.5) is 0 Å². The van der Waals surface area contributed by atoms with E-state index in [-0.39, 0.29) is 24.2 Å². The molecule has 2 aromatic rings. The molecule has 6 heteroatoms. The smallest absolute Gasteiger partial charge is 0.260 e. The number of nitrogens with zero attached hydrogens (tertiary/aromatic N) is 1. The Morgan fingerprint density at radius 2 is 2.12 bits per heavy atom. The van der Waals surface area contributed by atoms with E-state index >= 15 is 0 Å². The van der Waals surface area contributed by atoms with Gasteiger partial charge in [-0.15, -0.1) is 11.3 Å². The summed E-state index contributed by atoms with van der Waals surface area (Å²) in [7, 11) is 1.73. The lowest BCUT2D eigenvalue weighted by Crippen LogP contribution is -2.30. The van der Waals surface area contributed by atoms with Gasteiger partial charge in [-0.05, 0) is 42.2 Å². The van der Waals surface area contributed by atoms with Crippen LogP contribution in [0.5, 0.6) is 5.75 Å². The Morgan fingerprint density at radius 3 is 2.80 bits per heavy atom. The number of halogens is 1. The third-order valence-electron chi connectivity index (χ3n) is 4.49. The fourth-order valence-corrected chi connectivity index (χ4v) is 4.38. The van der Waals surface area contributed by atoms with E-state index in [1.807, 2.05) is 32.0 Å². The number of Topliss-reactive ketones (excluding diaryl/α,β-unsaturated/α-hetero) is 1. The monoisotopic (exact) mass is 377 g/mol. The number of ether oxygens (including phenoxy) is 1. The largest absolute Gasteiger partial charge is 0.483 e. The van der Waals surface area contributed by atoms with Crippen molar-refractivity contribution in [1.82, 2.24) is 4.90 Å². The zero-order valence-electron chi connectivity index (χ0n) is 14.5. The predicted octanol–water partition coefficient (Wildman–Crippen LogP) is 4.44. The molecule has 1 aliphatic carbocycles. The Labute approximate surface area is 156 Å². The third-order valence-corrected chi connectivity index (χ3v) is 5.70. The minimum atomic E-state index is -0.141. The number of fused-ring (bicyclic) bond motifs is 1. The minimum absolute atomic E-state index is 0.0905. The first-order valence-electron chi connectivity index (χ1n) is 8.14. The van der Waals surface area contributed by atoms with Crippen molar-refractivity contribution in [3.05, 3.63) is 50.2 Å². The van der Waals surface area contributed by atoms with Crippen LogP contribution in [-0.4, -0.2) is 30.2 Å². The molecule has 0 radical (unpaired) electrons. The molecule has 0 bridgehead atoms. The number of benzene rings is 1. The summed E-state index contributed by atoms with van der Waals surface area (Å²) in [5.41, 5.74) is 2.79. The number of rotatable bonds is 5. The summed E-state index contributed by atoms with van der Waals surface area (Å²) in [6, 6.07) is 7.46. The number of hydrogen-bond donors (Lipinski definition) is 0.